The molecule has 0 saturated heterocycles. The maximum Gasteiger partial charge on any atom is 0.125 e. The predicted octanol–water partition coefficient (Wildman–Crippen LogP) is 3.69. The Morgan fingerprint density at radius 1 is 1.37 bits per heavy atom. The molecule has 0 aliphatic heterocycles. The minimum absolute atomic E-state index is 0.330. The Labute approximate surface area is 113 Å². The lowest BCUT2D eigenvalue weighted by molar-refractivity contribution is 0.172. The SMILES string of the molecule is C[C@@H](O)c1cc(F)ccc1OCC1CC2CCC1C2. The van der Waals surface area contributed by atoms with Crippen LogP contribution < -0.4 is 4.74 Å². The van der Waals surface area contributed by atoms with Gasteiger partial charge in [-0.1, -0.05) is 6.42 Å². The normalized spacial score (nSPS) is 30.6. The Bertz CT molecular complexity index is 458. The van der Waals surface area contributed by atoms with Crippen LogP contribution in [0.2, 0.25) is 0 Å². The van der Waals surface area contributed by atoms with Crippen molar-refractivity contribution in [3.8, 4) is 5.75 Å². The summed E-state index contributed by atoms with van der Waals surface area (Å²) < 4.78 is 19.1. The Balaban J connectivity index is 1.66. The molecule has 2 aliphatic rings. The second-order valence-electron chi connectivity index (χ2n) is 6.10. The van der Waals surface area contributed by atoms with Crippen LogP contribution in [-0.2, 0) is 0 Å². The van der Waals surface area contributed by atoms with E-state index in [9.17, 15) is 9.50 Å². The molecule has 1 aromatic carbocycles. The molecule has 2 aliphatic carbocycles. The monoisotopic (exact) mass is 264 g/mol. The van der Waals surface area contributed by atoms with Crippen LogP contribution >= 0.6 is 0 Å². The average molecular weight is 264 g/mol. The summed E-state index contributed by atoms with van der Waals surface area (Å²) in [5.41, 5.74) is 0.545. The Morgan fingerprint density at radius 3 is 2.84 bits per heavy atom. The first kappa shape index (κ1) is 12.9. The number of aliphatic hydroxyl groups is 1. The molecule has 2 nitrogen and oxygen atoms in total. The number of halogens is 1. The molecule has 2 bridgehead atoms. The van der Waals surface area contributed by atoms with Crippen molar-refractivity contribution in [2.24, 2.45) is 17.8 Å². The van der Waals surface area contributed by atoms with E-state index in [1.807, 2.05) is 0 Å². The van der Waals surface area contributed by atoms with E-state index in [1.54, 1.807) is 13.0 Å². The minimum atomic E-state index is -0.703. The van der Waals surface area contributed by atoms with Gasteiger partial charge in [0.15, 0.2) is 0 Å². The molecule has 1 aromatic rings. The lowest BCUT2D eigenvalue weighted by atomic mass is 9.89. The quantitative estimate of drug-likeness (QED) is 0.898. The minimum Gasteiger partial charge on any atom is -0.493 e. The Morgan fingerprint density at radius 2 is 2.21 bits per heavy atom. The van der Waals surface area contributed by atoms with Gasteiger partial charge in [0, 0.05) is 5.56 Å². The van der Waals surface area contributed by atoms with Crippen molar-refractivity contribution in [2.45, 2.75) is 38.7 Å². The molecule has 0 radical (unpaired) electrons. The van der Waals surface area contributed by atoms with Gasteiger partial charge in [0.25, 0.3) is 0 Å². The first-order valence-electron chi connectivity index (χ1n) is 7.24. The molecule has 2 fully saturated rings. The van der Waals surface area contributed by atoms with Crippen LogP contribution in [0.1, 0.15) is 44.3 Å². The van der Waals surface area contributed by atoms with Crippen molar-refractivity contribution >= 4 is 0 Å². The first-order valence-corrected chi connectivity index (χ1v) is 7.24. The van der Waals surface area contributed by atoms with Gasteiger partial charge in [-0.3, -0.25) is 0 Å². The van der Waals surface area contributed by atoms with E-state index in [0.717, 1.165) is 11.8 Å². The largest absolute Gasteiger partial charge is 0.493 e. The van der Waals surface area contributed by atoms with Gasteiger partial charge < -0.3 is 9.84 Å². The van der Waals surface area contributed by atoms with Gasteiger partial charge in [-0.25, -0.2) is 4.39 Å². The van der Waals surface area contributed by atoms with Crippen LogP contribution in [0.25, 0.3) is 0 Å². The van der Waals surface area contributed by atoms with Crippen LogP contribution in [0, 0.1) is 23.6 Å². The zero-order valence-corrected chi connectivity index (χ0v) is 11.3. The van der Waals surface area contributed by atoms with Crippen molar-refractivity contribution < 1.29 is 14.2 Å². The van der Waals surface area contributed by atoms with Crippen molar-refractivity contribution in [1.29, 1.82) is 0 Å². The van der Waals surface area contributed by atoms with Crippen LogP contribution in [0.15, 0.2) is 18.2 Å². The van der Waals surface area contributed by atoms with E-state index in [1.165, 1.54) is 37.8 Å². The molecule has 0 spiro atoms. The van der Waals surface area contributed by atoms with Gasteiger partial charge in [0.05, 0.1) is 12.7 Å². The summed E-state index contributed by atoms with van der Waals surface area (Å²) in [5.74, 6) is 2.66. The molecule has 3 rings (SSSR count). The lowest BCUT2D eigenvalue weighted by Crippen LogP contribution is -2.19. The Hall–Kier alpha value is -1.09. The number of hydrogen-bond acceptors (Lipinski definition) is 2. The zero-order chi connectivity index (χ0) is 13.4. The van der Waals surface area contributed by atoms with Gasteiger partial charge in [-0.15, -0.1) is 0 Å². The van der Waals surface area contributed by atoms with E-state index in [-0.39, 0.29) is 5.82 Å². The van der Waals surface area contributed by atoms with E-state index >= 15 is 0 Å². The maximum atomic E-state index is 13.2. The number of hydrogen-bond donors (Lipinski definition) is 1. The number of aliphatic hydroxyl groups excluding tert-OH is 1. The second-order valence-corrected chi connectivity index (χ2v) is 6.10. The fourth-order valence-corrected chi connectivity index (χ4v) is 3.75. The number of ether oxygens (including phenoxy) is 1. The van der Waals surface area contributed by atoms with Crippen LogP contribution in [0.3, 0.4) is 0 Å². The standard InChI is InChI=1S/C16H21FO2/c1-10(18)15-8-14(17)4-5-16(15)19-9-13-7-11-2-3-12(13)6-11/h4-5,8,10-13,18H,2-3,6-7,9H2,1H3/t10-,11?,12?,13?/m1/s1. The fraction of sp³-hybridized carbons (Fsp3) is 0.625. The number of rotatable bonds is 4. The molecular weight excluding hydrogens is 243 g/mol. The van der Waals surface area contributed by atoms with E-state index in [4.69, 9.17) is 4.74 Å². The molecule has 3 heteroatoms. The van der Waals surface area contributed by atoms with Crippen molar-refractivity contribution in [3.63, 3.8) is 0 Å². The summed E-state index contributed by atoms with van der Waals surface area (Å²) in [6, 6.07) is 4.38. The lowest BCUT2D eigenvalue weighted by Gasteiger charge is -2.23. The molecular formula is C16H21FO2. The van der Waals surface area contributed by atoms with Crippen LogP contribution in [0.5, 0.6) is 5.75 Å². The van der Waals surface area contributed by atoms with Gasteiger partial charge in [0.2, 0.25) is 0 Å². The highest BCUT2D eigenvalue weighted by molar-refractivity contribution is 5.35. The molecule has 104 valence electrons. The topological polar surface area (TPSA) is 29.5 Å². The van der Waals surface area contributed by atoms with Gasteiger partial charge >= 0.3 is 0 Å². The molecule has 19 heavy (non-hydrogen) atoms. The van der Waals surface area contributed by atoms with E-state index in [2.05, 4.69) is 0 Å². The third-order valence-electron chi connectivity index (χ3n) is 4.76. The average Bonchev–Trinajstić information content (AvgIpc) is 2.99. The molecule has 0 heterocycles. The highest BCUT2D eigenvalue weighted by atomic mass is 19.1. The summed E-state index contributed by atoms with van der Waals surface area (Å²) in [5, 5.41) is 9.68. The highest BCUT2D eigenvalue weighted by Gasteiger charge is 2.39. The van der Waals surface area contributed by atoms with Crippen LogP contribution in [-0.4, -0.2) is 11.7 Å². The highest BCUT2D eigenvalue weighted by Crippen LogP contribution is 2.48. The summed E-state index contributed by atoms with van der Waals surface area (Å²) in [4.78, 5) is 0. The summed E-state index contributed by atoms with van der Waals surface area (Å²) in [6.45, 7) is 2.34. The first-order chi connectivity index (χ1) is 9.13. The number of benzene rings is 1. The summed E-state index contributed by atoms with van der Waals surface area (Å²) in [7, 11) is 0. The third kappa shape index (κ3) is 2.62. The van der Waals surface area contributed by atoms with Gasteiger partial charge in [-0.2, -0.15) is 0 Å². The molecule has 2 saturated carbocycles. The number of fused-ring (bicyclic) bond motifs is 2. The zero-order valence-electron chi connectivity index (χ0n) is 11.3. The smallest absolute Gasteiger partial charge is 0.125 e. The van der Waals surface area contributed by atoms with E-state index in [0.29, 0.717) is 23.8 Å². The Kier molecular flexibility index (Phi) is 3.48. The molecule has 0 aromatic heterocycles. The molecule has 0 amide bonds. The summed E-state index contributed by atoms with van der Waals surface area (Å²) in [6.07, 6.45) is 4.66. The van der Waals surface area contributed by atoms with E-state index < -0.39 is 6.10 Å². The predicted molar refractivity (Wildman–Crippen MR) is 71.5 cm³/mol. The van der Waals surface area contributed by atoms with Gasteiger partial charge in [0.1, 0.15) is 11.6 Å². The van der Waals surface area contributed by atoms with Gasteiger partial charge in [-0.05, 0) is 62.1 Å². The molecule has 1 N–H and O–H groups in total. The second kappa shape index (κ2) is 5.12. The fourth-order valence-electron chi connectivity index (χ4n) is 3.75. The molecule has 3 unspecified atom stereocenters. The van der Waals surface area contributed by atoms with Crippen LogP contribution in [0.4, 0.5) is 4.39 Å². The van der Waals surface area contributed by atoms with Crippen molar-refractivity contribution in [3.05, 3.63) is 29.6 Å². The summed E-state index contributed by atoms with van der Waals surface area (Å²) >= 11 is 0. The molecule has 4 atom stereocenters. The maximum absolute atomic E-state index is 13.2. The van der Waals surface area contributed by atoms with Crippen molar-refractivity contribution in [1.82, 2.24) is 0 Å². The third-order valence-corrected chi connectivity index (χ3v) is 4.76. The van der Waals surface area contributed by atoms with Crippen molar-refractivity contribution in [2.75, 3.05) is 6.61 Å².